The number of nitrogens with zero attached hydrogens (tertiary/aromatic N) is 4. The molecule has 1 atom stereocenters. The van der Waals surface area contributed by atoms with E-state index in [-0.39, 0.29) is 30.3 Å². The van der Waals surface area contributed by atoms with Gasteiger partial charge in [0, 0.05) is 29.0 Å². The Kier molecular flexibility index (Phi) is 3.63. The average molecular weight is 409 g/mol. The molecule has 8 nitrogen and oxygen atoms in total. The zero-order chi connectivity index (χ0) is 20.3. The van der Waals surface area contributed by atoms with Crippen LogP contribution >= 0.6 is 11.6 Å². The van der Waals surface area contributed by atoms with Gasteiger partial charge in [-0.3, -0.25) is 14.5 Å². The van der Waals surface area contributed by atoms with E-state index >= 15 is 0 Å². The van der Waals surface area contributed by atoms with Crippen LogP contribution in [0.3, 0.4) is 0 Å². The molecule has 144 valence electrons. The summed E-state index contributed by atoms with van der Waals surface area (Å²) in [4.78, 5) is 43.4. The average Bonchev–Trinajstić information content (AvgIpc) is 3.07. The number of aromatic nitrogens is 3. The van der Waals surface area contributed by atoms with Crippen LogP contribution in [-0.2, 0) is 15.3 Å². The first kappa shape index (κ1) is 17.6. The topological polar surface area (TPSA) is 105 Å². The van der Waals surface area contributed by atoms with E-state index in [0.29, 0.717) is 21.8 Å². The maximum Gasteiger partial charge on any atom is 0.353 e. The molecule has 1 amide bonds. The number of fused-ring (bicyclic) bond motifs is 6. The van der Waals surface area contributed by atoms with Crippen molar-refractivity contribution in [2.24, 2.45) is 0 Å². The number of carboxylic acid groups (broad SMARTS) is 1. The van der Waals surface area contributed by atoms with E-state index in [2.05, 4.69) is 10.1 Å². The number of hydrogen-bond donors (Lipinski definition) is 1. The molecular formula is C20H13ClN4O4. The zero-order valence-electron chi connectivity index (χ0n) is 14.9. The lowest BCUT2D eigenvalue weighted by molar-refractivity contribution is -0.148. The Hall–Kier alpha value is -3.52. The molecule has 0 radical (unpaired) electrons. The van der Waals surface area contributed by atoms with Crippen molar-refractivity contribution in [1.82, 2.24) is 14.8 Å². The molecule has 2 aliphatic rings. The fourth-order valence-electron chi connectivity index (χ4n) is 4.02. The van der Waals surface area contributed by atoms with Crippen molar-refractivity contribution in [3.63, 3.8) is 0 Å². The van der Waals surface area contributed by atoms with Gasteiger partial charge in [0.15, 0.2) is 11.5 Å². The number of benzene rings is 2. The SMILES string of the molecule is O=C1CC[C@]2(C(=O)O)N1c1ccc(Cl)cc1-c1nc(=O)c(-c3ccccc3)nn12. The molecule has 3 heterocycles. The summed E-state index contributed by atoms with van der Waals surface area (Å²) < 4.78 is 1.18. The number of halogens is 1. The Bertz CT molecular complexity index is 1260. The van der Waals surface area contributed by atoms with Crippen molar-refractivity contribution in [3.05, 3.63) is 63.9 Å². The molecule has 2 aliphatic heterocycles. The van der Waals surface area contributed by atoms with Gasteiger partial charge >= 0.3 is 5.97 Å². The zero-order valence-corrected chi connectivity index (χ0v) is 15.6. The standard InChI is InChI=1S/C20H13ClN4O4/c21-12-6-7-14-13(10-12)17-22-18(27)16(11-4-2-1-3-5-11)23-25(17)20(19(28)29)9-8-15(26)24(14)20/h1-7,10H,8-9H2,(H,28,29)/t20-/m0/s1. The van der Waals surface area contributed by atoms with Crippen molar-refractivity contribution in [2.75, 3.05) is 4.90 Å². The van der Waals surface area contributed by atoms with Crippen molar-refractivity contribution < 1.29 is 14.7 Å². The summed E-state index contributed by atoms with van der Waals surface area (Å²) in [5.41, 5.74) is -1.13. The van der Waals surface area contributed by atoms with Gasteiger partial charge in [-0.1, -0.05) is 41.9 Å². The summed E-state index contributed by atoms with van der Waals surface area (Å²) in [5.74, 6) is -1.52. The molecule has 9 heteroatoms. The monoisotopic (exact) mass is 408 g/mol. The van der Waals surface area contributed by atoms with Gasteiger partial charge in [0.2, 0.25) is 11.6 Å². The summed E-state index contributed by atoms with van der Waals surface area (Å²) in [5, 5.41) is 15.0. The number of carbonyl (C=O) groups excluding carboxylic acids is 1. The third-order valence-electron chi connectivity index (χ3n) is 5.30. The minimum Gasteiger partial charge on any atom is -0.478 e. The maximum atomic E-state index is 12.8. The molecule has 0 unspecified atom stereocenters. The van der Waals surface area contributed by atoms with Crippen molar-refractivity contribution in [1.29, 1.82) is 0 Å². The van der Waals surface area contributed by atoms with Crippen LogP contribution < -0.4 is 10.5 Å². The summed E-state index contributed by atoms with van der Waals surface area (Å²) >= 11 is 6.13. The van der Waals surface area contributed by atoms with Crippen LogP contribution in [0.1, 0.15) is 12.8 Å². The first-order chi connectivity index (χ1) is 13.9. The van der Waals surface area contributed by atoms with Gasteiger partial charge in [0.05, 0.1) is 5.69 Å². The number of hydrogen-bond acceptors (Lipinski definition) is 5. The minimum atomic E-state index is -1.79. The molecular weight excluding hydrogens is 396 g/mol. The van der Waals surface area contributed by atoms with Gasteiger partial charge in [-0.25, -0.2) is 9.48 Å². The number of carbonyl (C=O) groups is 2. The molecule has 3 aromatic rings. The molecule has 0 aliphatic carbocycles. The highest BCUT2D eigenvalue weighted by molar-refractivity contribution is 6.31. The number of anilines is 1. The second-order valence-corrected chi connectivity index (χ2v) is 7.32. The van der Waals surface area contributed by atoms with Gasteiger partial charge < -0.3 is 5.11 Å². The Morgan fingerprint density at radius 3 is 2.62 bits per heavy atom. The van der Waals surface area contributed by atoms with Gasteiger partial charge in [-0.15, -0.1) is 0 Å². The number of rotatable bonds is 2. The lowest BCUT2D eigenvalue weighted by atomic mass is 10.00. The molecule has 29 heavy (non-hydrogen) atoms. The Morgan fingerprint density at radius 2 is 1.90 bits per heavy atom. The second-order valence-electron chi connectivity index (χ2n) is 6.88. The van der Waals surface area contributed by atoms with Gasteiger partial charge in [0.25, 0.3) is 5.56 Å². The largest absolute Gasteiger partial charge is 0.478 e. The fraction of sp³-hybridized carbons (Fsp3) is 0.150. The van der Waals surface area contributed by atoms with E-state index in [1.807, 2.05) is 0 Å². The van der Waals surface area contributed by atoms with E-state index in [1.54, 1.807) is 48.5 Å². The molecule has 1 N–H and O–H groups in total. The van der Waals surface area contributed by atoms with Crippen molar-refractivity contribution in [3.8, 4) is 22.6 Å². The lowest BCUT2D eigenvalue weighted by Crippen LogP contribution is -2.58. The summed E-state index contributed by atoms with van der Waals surface area (Å²) in [6, 6.07) is 13.4. The molecule has 1 aromatic heterocycles. The maximum absolute atomic E-state index is 12.8. The Labute approximate surface area is 169 Å². The third kappa shape index (κ3) is 2.29. The number of carboxylic acids is 1. The van der Waals surface area contributed by atoms with Gasteiger partial charge in [0.1, 0.15) is 0 Å². The Balaban J connectivity index is 1.90. The lowest BCUT2D eigenvalue weighted by Gasteiger charge is -2.41. The van der Waals surface area contributed by atoms with Crippen LogP contribution in [0.15, 0.2) is 53.3 Å². The van der Waals surface area contributed by atoms with Crippen LogP contribution in [0.4, 0.5) is 5.69 Å². The molecule has 1 saturated heterocycles. The van der Waals surface area contributed by atoms with Crippen molar-refractivity contribution >= 4 is 29.2 Å². The molecule has 0 spiro atoms. The molecule has 0 bridgehead atoms. The van der Waals surface area contributed by atoms with Gasteiger partial charge in [-0.2, -0.15) is 10.1 Å². The first-order valence-electron chi connectivity index (χ1n) is 8.87. The number of amides is 1. The molecule has 0 saturated carbocycles. The highest BCUT2D eigenvalue weighted by Crippen LogP contribution is 2.48. The molecule has 1 fully saturated rings. The quantitative estimate of drug-likeness (QED) is 0.698. The normalized spacial score (nSPS) is 19.5. The van der Waals surface area contributed by atoms with Crippen LogP contribution in [-0.4, -0.2) is 31.7 Å². The van der Waals surface area contributed by atoms with Crippen LogP contribution in [0.2, 0.25) is 5.02 Å². The Morgan fingerprint density at radius 1 is 1.14 bits per heavy atom. The third-order valence-corrected chi connectivity index (χ3v) is 5.53. The highest BCUT2D eigenvalue weighted by Gasteiger charge is 2.58. The van der Waals surface area contributed by atoms with E-state index in [4.69, 9.17) is 11.6 Å². The predicted octanol–water partition coefficient (Wildman–Crippen LogP) is 2.50. The highest BCUT2D eigenvalue weighted by atomic mass is 35.5. The van der Waals surface area contributed by atoms with Crippen LogP contribution in [0.25, 0.3) is 22.6 Å². The molecule has 2 aromatic carbocycles. The smallest absolute Gasteiger partial charge is 0.353 e. The summed E-state index contributed by atoms with van der Waals surface area (Å²) in [7, 11) is 0. The van der Waals surface area contributed by atoms with E-state index < -0.39 is 17.2 Å². The predicted molar refractivity (Wildman–Crippen MR) is 105 cm³/mol. The van der Waals surface area contributed by atoms with Crippen LogP contribution in [0, 0.1) is 0 Å². The van der Waals surface area contributed by atoms with Crippen LogP contribution in [0.5, 0.6) is 0 Å². The van der Waals surface area contributed by atoms with Crippen molar-refractivity contribution in [2.45, 2.75) is 18.5 Å². The molecule has 5 rings (SSSR count). The van der Waals surface area contributed by atoms with E-state index in [0.717, 1.165) is 0 Å². The van der Waals surface area contributed by atoms with Gasteiger partial charge in [-0.05, 0) is 18.2 Å². The first-order valence-corrected chi connectivity index (χ1v) is 9.25. The number of aliphatic carboxylic acids is 1. The fourth-order valence-corrected chi connectivity index (χ4v) is 4.19. The van der Waals surface area contributed by atoms with E-state index in [9.17, 15) is 19.5 Å². The second kappa shape index (κ2) is 5.99. The van der Waals surface area contributed by atoms with E-state index in [1.165, 1.54) is 9.58 Å². The summed E-state index contributed by atoms with van der Waals surface area (Å²) in [6.45, 7) is 0. The minimum absolute atomic E-state index is 0.00200. The summed E-state index contributed by atoms with van der Waals surface area (Å²) in [6.07, 6.45) is 0.0320.